The summed E-state index contributed by atoms with van der Waals surface area (Å²) in [6, 6.07) is 5.72. The highest BCUT2D eigenvalue weighted by molar-refractivity contribution is 5.73. The fourth-order valence-corrected chi connectivity index (χ4v) is 1.59. The summed E-state index contributed by atoms with van der Waals surface area (Å²) in [5, 5.41) is 0. The molecule has 1 unspecified atom stereocenters. The van der Waals surface area contributed by atoms with Crippen molar-refractivity contribution in [3.8, 4) is 0 Å². The van der Waals surface area contributed by atoms with Crippen LogP contribution in [0.3, 0.4) is 0 Å². The van der Waals surface area contributed by atoms with E-state index in [0.29, 0.717) is 5.58 Å². The molecule has 1 aromatic heterocycles. The lowest BCUT2D eigenvalue weighted by molar-refractivity contribution is 0.415. The van der Waals surface area contributed by atoms with Crippen LogP contribution in [0.5, 0.6) is 0 Å². The summed E-state index contributed by atoms with van der Waals surface area (Å²) in [5.74, 6) is -0.325. The molecule has 4 nitrogen and oxygen atoms in total. The van der Waals surface area contributed by atoms with Crippen molar-refractivity contribution in [1.29, 1.82) is 0 Å². The lowest BCUT2D eigenvalue weighted by atomic mass is 10.1. The summed E-state index contributed by atoms with van der Waals surface area (Å²) in [4.78, 5) is 11.2. The Morgan fingerprint density at radius 2 is 2.29 bits per heavy atom. The predicted octanol–water partition coefficient (Wildman–Crippen LogP) is 1.20. The SMILES string of the molecule is Cn1c(=O)oc2cc(C3CO3)ccc21. The molecule has 1 aliphatic heterocycles. The summed E-state index contributed by atoms with van der Waals surface area (Å²) >= 11 is 0. The Kier molecular flexibility index (Phi) is 1.39. The molecule has 0 aliphatic carbocycles. The minimum atomic E-state index is -0.325. The van der Waals surface area contributed by atoms with Gasteiger partial charge in [0, 0.05) is 7.05 Å². The van der Waals surface area contributed by atoms with Gasteiger partial charge in [-0.15, -0.1) is 0 Å². The first-order valence-electron chi connectivity index (χ1n) is 4.47. The number of rotatable bonds is 1. The zero-order chi connectivity index (χ0) is 9.71. The molecule has 1 aliphatic rings. The monoisotopic (exact) mass is 191 g/mol. The summed E-state index contributed by atoms with van der Waals surface area (Å²) in [6.45, 7) is 0.766. The molecular weight excluding hydrogens is 182 g/mol. The Labute approximate surface area is 79.7 Å². The fraction of sp³-hybridized carbons (Fsp3) is 0.300. The first kappa shape index (κ1) is 7.82. The van der Waals surface area contributed by atoms with E-state index < -0.39 is 0 Å². The Balaban J connectivity index is 2.28. The van der Waals surface area contributed by atoms with Crippen molar-refractivity contribution < 1.29 is 9.15 Å². The van der Waals surface area contributed by atoms with Crippen molar-refractivity contribution in [3.63, 3.8) is 0 Å². The van der Waals surface area contributed by atoms with Crippen LogP contribution in [0.4, 0.5) is 0 Å². The van der Waals surface area contributed by atoms with Crippen LogP contribution in [-0.2, 0) is 11.8 Å². The predicted molar refractivity (Wildman–Crippen MR) is 50.1 cm³/mol. The molecule has 1 atom stereocenters. The van der Waals surface area contributed by atoms with E-state index in [2.05, 4.69) is 0 Å². The van der Waals surface area contributed by atoms with E-state index in [-0.39, 0.29) is 11.9 Å². The second-order valence-corrected chi connectivity index (χ2v) is 3.48. The van der Waals surface area contributed by atoms with E-state index in [1.165, 1.54) is 4.57 Å². The van der Waals surface area contributed by atoms with Gasteiger partial charge >= 0.3 is 5.76 Å². The van der Waals surface area contributed by atoms with Gasteiger partial charge in [-0.1, -0.05) is 6.07 Å². The average Bonchev–Trinajstić information content (AvgIpc) is 2.96. The number of benzene rings is 1. The third-order valence-electron chi connectivity index (χ3n) is 2.52. The van der Waals surface area contributed by atoms with E-state index in [1.54, 1.807) is 7.05 Å². The van der Waals surface area contributed by atoms with E-state index in [0.717, 1.165) is 17.7 Å². The number of epoxide rings is 1. The minimum absolute atomic E-state index is 0.199. The normalized spacial score (nSPS) is 20.2. The van der Waals surface area contributed by atoms with Crippen molar-refractivity contribution in [1.82, 2.24) is 4.57 Å². The molecule has 2 heterocycles. The van der Waals surface area contributed by atoms with Crippen LogP contribution in [0.15, 0.2) is 27.4 Å². The zero-order valence-electron chi connectivity index (χ0n) is 7.69. The fourth-order valence-electron chi connectivity index (χ4n) is 1.59. The van der Waals surface area contributed by atoms with Gasteiger partial charge in [0.2, 0.25) is 0 Å². The highest BCUT2D eigenvalue weighted by Crippen LogP contribution is 2.31. The Morgan fingerprint density at radius 3 is 3.00 bits per heavy atom. The van der Waals surface area contributed by atoms with Gasteiger partial charge in [0.25, 0.3) is 0 Å². The van der Waals surface area contributed by atoms with Crippen molar-refractivity contribution >= 4 is 11.1 Å². The number of aryl methyl sites for hydroxylation is 1. The summed E-state index contributed by atoms with van der Waals surface area (Å²) in [7, 11) is 1.70. The third kappa shape index (κ3) is 1.01. The standard InChI is InChI=1S/C10H9NO3/c1-11-7-3-2-6(9-5-13-9)4-8(7)14-10(11)12/h2-4,9H,5H2,1H3. The van der Waals surface area contributed by atoms with Crippen molar-refractivity contribution in [2.75, 3.05) is 6.61 Å². The summed E-state index contributed by atoms with van der Waals surface area (Å²) < 4.78 is 11.7. The summed E-state index contributed by atoms with van der Waals surface area (Å²) in [6.07, 6.45) is 0.199. The number of aromatic nitrogens is 1. The lowest BCUT2D eigenvalue weighted by Gasteiger charge is -1.95. The quantitative estimate of drug-likeness (QED) is 0.636. The smallest absolute Gasteiger partial charge is 0.408 e. The summed E-state index contributed by atoms with van der Waals surface area (Å²) in [5.41, 5.74) is 2.52. The Hall–Kier alpha value is -1.55. The molecule has 3 rings (SSSR count). The van der Waals surface area contributed by atoms with Crippen LogP contribution in [0.1, 0.15) is 11.7 Å². The maximum Gasteiger partial charge on any atom is 0.419 e. The molecule has 1 fully saturated rings. The third-order valence-corrected chi connectivity index (χ3v) is 2.52. The van der Waals surface area contributed by atoms with Crippen LogP contribution in [-0.4, -0.2) is 11.2 Å². The molecule has 4 heteroatoms. The molecule has 0 saturated carbocycles. The number of ether oxygens (including phenoxy) is 1. The molecule has 1 aromatic carbocycles. The van der Waals surface area contributed by atoms with Gasteiger partial charge in [-0.3, -0.25) is 4.57 Å². The van der Waals surface area contributed by atoms with Crippen LogP contribution < -0.4 is 5.76 Å². The highest BCUT2D eigenvalue weighted by Gasteiger charge is 2.25. The largest absolute Gasteiger partial charge is 0.419 e. The number of hydrogen-bond acceptors (Lipinski definition) is 3. The van der Waals surface area contributed by atoms with Crippen molar-refractivity contribution in [2.24, 2.45) is 7.05 Å². The van der Waals surface area contributed by atoms with Crippen LogP contribution >= 0.6 is 0 Å². The Morgan fingerprint density at radius 1 is 1.50 bits per heavy atom. The molecule has 0 radical (unpaired) electrons. The average molecular weight is 191 g/mol. The second-order valence-electron chi connectivity index (χ2n) is 3.48. The first-order valence-corrected chi connectivity index (χ1v) is 4.47. The highest BCUT2D eigenvalue weighted by atomic mass is 16.6. The molecule has 0 spiro atoms. The van der Waals surface area contributed by atoms with E-state index in [4.69, 9.17) is 9.15 Å². The lowest BCUT2D eigenvalue weighted by Crippen LogP contribution is -2.08. The maximum atomic E-state index is 11.2. The van der Waals surface area contributed by atoms with Crippen LogP contribution in [0, 0.1) is 0 Å². The first-order chi connectivity index (χ1) is 6.75. The number of hydrogen-bond donors (Lipinski definition) is 0. The molecule has 0 bridgehead atoms. The van der Waals surface area contributed by atoms with Gasteiger partial charge < -0.3 is 9.15 Å². The topological polar surface area (TPSA) is 47.7 Å². The van der Waals surface area contributed by atoms with Gasteiger partial charge in [0.15, 0.2) is 5.58 Å². The van der Waals surface area contributed by atoms with E-state index >= 15 is 0 Å². The number of nitrogens with zero attached hydrogens (tertiary/aromatic N) is 1. The van der Waals surface area contributed by atoms with Gasteiger partial charge in [0.1, 0.15) is 6.10 Å². The van der Waals surface area contributed by atoms with Gasteiger partial charge in [-0.2, -0.15) is 0 Å². The molecule has 14 heavy (non-hydrogen) atoms. The van der Waals surface area contributed by atoms with Crippen LogP contribution in [0.2, 0.25) is 0 Å². The maximum absolute atomic E-state index is 11.2. The van der Waals surface area contributed by atoms with Crippen molar-refractivity contribution in [3.05, 3.63) is 34.3 Å². The van der Waals surface area contributed by atoms with Crippen molar-refractivity contribution in [2.45, 2.75) is 6.10 Å². The Bertz CT molecular complexity index is 548. The molecule has 1 saturated heterocycles. The van der Waals surface area contributed by atoms with Gasteiger partial charge in [-0.25, -0.2) is 4.79 Å². The molecule has 2 aromatic rings. The zero-order valence-corrected chi connectivity index (χ0v) is 7.69. The van der Waals surface area contributed by atoms with Crippen LogP contribution in [0.25, 0.3) is 11.1 Å². The van der Waals surface area contributed by atoms with Gasteiger partial charge in [-0.05, 0) is 17.7 Å². The molecule has 72 valence electrons. The van der Waals surface area contributed by atoms with E-state index in [1.807, 2.05) is 18.2 Å². The molecule has 0 N–H and O–H groups in total. The van der Waals surface area contributed by atoms with E-state index in [9.17, 15) is 4.79 Å². The number of oxazole rings is 1. The number of fused-ring (bicyclic) bond motifs is 1. The molecule has 0 amide bonds. The van der Waals surface area contributed by atoms with Gasteiger partial charge in [0.05, 0.1) is 12.1 Å². The molecular formula is C10H9NO3. The minimum Gasteiger partial charge on any atom is -0.408 e. The second kappa shape index (κ2) is 2.48.